The van der Waals surface area contributed by atoms with E-state index >= 15 is 0 Å². The van der Waals surface area contributed by atoms with Crippen LogP contribution in [-0.2, 0) is 9.59 Å². The molecule has 1 aromatic rings. The van der Waals surface area contributed by atoms with Crippen LogP contribution in [0.1, 0.15) is 32.3 Å². The van der Waals surface area contributed by atoms with Crippen LogP contribution >= 0.6 is 12.2 Å². The van der Waals surface area contributed by atoms with Crippen LogP contribution < -0.4 is 20.1 Å². The average Bonchev–Trinajstić information content (AvgIpc) is 2.53. The number of nitrogens with one attached hydrogen (secondary N) is 2. The molecule has 1 saturated heterocycles. The van der Waals surface area contributed by atoms with Crippen molar-refractivity contribution >= 4 is 35.2 Å². The standard InChI is InChI=1S/C17H20N2O4S/c1-3-5-8-23-13-7-6-11(10-14(13)22-4-2)9-12-15(20)18-17(24)19-16(12)21/h6-7,9-10H,3-5,8H2,1-2H3,(H2,18,19,20,21,24). The molecular formula is C17H20N2O4S. The van der Waals surface area contributed by atoms with E-state index in [1.165, 1.54) is 6.08 Å². The minimum Gasteiger partial charge on any atom is -0.490 e. The second-order valence-electron chi connectivity index (χ2n) is 5.14. The molecule has 1 aliphatic heterocycles. The Morgan fingerprint density at radius 1 is 1.08 bits per heavy atom. The van der Waals surface area contributed by atoms with Crippen LogP contribution in [0.3, 0.4) is 0 Å². The molecule has 0 aromatic heterocycles. The Morgan fingerprint density at radius 3 is 2.42 bits per heavy atom. The van der Waals surface area contributed by atoms with Crippen LogP contribution in [0.2, 0.25) is 0 Å². The minimum absolute atomic E-state index is 0.00861. The summed E-state index contributed by atoms with van der Waals surface area (Å²) < 4.78 is 11.3. The maximum Gasteiger partial charge on any atom is 0.263 e. The summed E-state index contributed by atoms with van der Waals surface area (Å²) in [7, 11) is 0. The van der Waals surface area contributed by atoms with Gasteiger partial charge in [0.05, 0.1) is 13.2 Å². The van der Waals surface area contributed by atoms with Crippen molar-refractivity contribution in [2.24, 2.45) is 0 Å². The first-order valence-corrected chi connectivity index (χ1v) is 8.24. The molecule has 1 heterocycles. The van der Waals surface area contributed by atoms with Crippen molar-refractivity contribution in [2.75, 3.05) is 13.2 Å². The highest BCUT2D eigenvalue weighted by molar-refractivity contribution is 7.80. The van der Waals surface area contributed by atoms with Gasteiger partial charge in [-0.1, -0.05) is 19.4 Å². The number of thiocarbonyl (C=S) groups is 1. The fraction of sp³-hybridized carbons (Fsp3) is 0.353. The monoisotopic (exact) mass is 348 g/mol. The number of benzene rings is 1. The molecule has 0 radical (unpaired) electrons. The van der Waals surface area contributed by atoms with Gasteiger partial charge in [-0.25, -0.2) is 0 Å². The molecule has 0 saturated carbocycles. The second-order valence-corrected chi connectivity index (χ2v) is 5.54. The van der Waals surface area contributed by atoms with Crippen molar-refractivity contribution in [1.82, 2.24) is 10.6 Å². The first-order chi connectivity index (χ1) is 11.5. The van der Waals surface area contributed by atoms with E-state index in [-0.39, 0.29) is 10.7 Å². The fourth-order valence-electron chi connectivity index (χ4n) is 2.10. The molecule has 0 spiro atoms. The molecule has 1 aliphatic rings. The number of unbranched alkanes of at least 4 members (excludes halogenated alkanes) is 1. The van der Waals surface area contributed by atoms with E-state index in [1.54, 1.807) is 18.2 Å². The van der Waals surface area contributed by atoms with Crippen molar-refractivity contribution in [2.45, 2.75) is 26.7 Å². The van der Waals surface area contributed by atoms with Crippen LogP contribution in [0.25, 0.3) is 6.08 Å². The first-order valence-electron chi connectivity index (χ1n) is 7.83. The highest BCUT2D eigenvalue weighted by atomic mass is 32.1. The molecule has 2 rings (SSSR count). The Kier molecular flexibility index (Phi) is 6.31. The normalized spacial score (nSPS) is 14.1. The fourth-order valence-corrected chi connectivity index (χ4v) is 2.29. The molecule has 7 heteroatoms. The lowest BCUT2D eigenvalue weighted by Gasteiger charge is -2.17. The summed E-state index contributed by atoms with van der Waals surface area (Å²) in [5, 5.41) is 4.81. The van der Waals surface area contributed by atoms with Crippen molar-refractivity contribution in [3.63, 3.8) is 0 Å². The zero-order valence-corrected chi connectivity index (χ0v) is 14.5. The van der Waals surface area contributed by atoms with Crippen molar-refractivity contribution in [3.05, 3.63) is 29.3 Å². The lowest BCUT2D eigenvalue weighted by atomic mass is 10.1. The lowest BCUT2D eigenvalue weighted by molar-refractivity contribution is -0.123. The predicted octanol–water partition coefficient (Wildman–Crippen LogP) is 2.18. The van der Waals surface area contributed by atoms with Crippen LogP contribution in [0.5, 0.6) is 11.5 Å². The number of hydrogen-bond donors (Lipinski definition) is 2. The molecule has 24 heavy (non-hydrogen) atoms. The van der Waals surface area contributed by atoms with Crippen LogP contribution in [0.4, 0.5) is 0 Å². The van der Waals surface area contributed by atoms with E-state index in [9.17, 15) is 9.59 Å². The van der Waals surface area contributed by atoms with Gasteiger partial charge in [-0.05, 0) is 49.3 Å². The number of carbonyl (C=O) groups excluding carboxylic acids is 2. The zero-order valence-electron chi connectivity index (χ0n) is 13.7. The van der Waals surface area contributed by atoms with E-state index in [4.69, 9.17) is 21.7 Å². The van der Waals surface area contributed by atoms with Crippen LogP contribution in [0.15, 0.2) is 23.8 Å². The largest absolute Gasteiger partial charge is 0.490 e. The summed E-state index contributed by atoms with van der Waals surface area (Å²) in [4.78, 5) is 23.8. The summed E-state index contributed by atoms with van der Waals surface area (Å²) in [5.74, 6) is 0.177. The molecule has 0 atom stereocenters. The smallest absolute Gasteiger partial charge is 0.263 e. The quantitative estimate of drug-likeness (QED) is 0.342. The summed E-state index contributed by atoms with van der Waals surface area (Å²) >= 11 is 4.77. The lowest BCUT2D eigenvalue weighted by Crippen LogP contribution is -2.51. The second kappa shape index (κ2) is 8.44. The van der Waals surface area contributed by atoms with Gasteiger partial charge in [-0.2, -0.15) is 0 Å². The minimum atomic E-state index is -0.523. The Labute approximate surface area is 146 Å². The van der Waals surface area contributed by atoms with Gasteiger partial charge >= 0.3 is 0 Å². The molecule has 6 nitrogen and oxygen atoms in total. The summed E-state index contributed by atoms with van der Waals surface area (Å²) in [6, 6.07) is 5.28. The van der Waals surface area contributed by atoms with Gasteiger partial charge in [0.25, 0.3) is 11.8 Å². The Morgan fingerprint density at radius 2 is 1.79 bits per heavy atom. The Hall–Kier alpha value is -2.41. The van der Waals surface area contributed by atoms with E-state index in [0.717, 1.165) is 12.8 Å². The number of rotatable bonds is 7. The maximum absolute atomic E-state index is 11.9. The van der Waals surface area contributed by atoms with E-state index in [1.807, 2.05) is 6.92 Å². The number of ether oxygens (including phenoxy) is 2. The van der Waals surface area contributed by atoms with Gasteiger partial charge < -0.3 is 9.47 Å². The van der Waals surface area contributed by atoms with Crippen molar-refractivity contribution in [3.8, 4) is 11.5 Å². The van der Waals surface area contributed by atoms with E-state index < -0.39 is 11.8 Å². The summed E-state index contributed by atoms with van der Waals surface area (Å²) in [6.45, 7) is 5.07. The van der Waals surface area contributed by atoms with Gasteiger partial charge in [0, 0.05) is 0 Å². The van der Waals surface area contributed by atoms with Crippen LogP contribution in [-0.4, -0.2) is 30.1 Å². The molecule has 2 N–H and O–H groups in total. The van der Waals surface area contributed by atoms with E-state index in [2.05, 4.69) is 17.6 Å². The first kappa shape index (κ1) is 17.9. The molecule has 1 fully saturated rings. The van der Waals surface area contributed by atoms with Gasteiger partial charge in [0.2, 0.25) is 0 Å². The topological polar surface area (TPSA) is 76.7 Å². The van der Waals surface area contributed by atoms with Gasteiger partial charge in [-0.15, -0.1) is 0 Å². The molecule has 0 unspecified atom stereocenters. The van der Waals surface area contributed by atoms with Gasteiger partial charge in [0.15, 0.2) is 16.6 Å². The third-order valence-corrected chi connectivity index (χ3v) is 3.48. The summed E-state index contributed by atoms with van der Waals surface area (Å²) in [6.07, 6.45) is 3.49. The highest BCUT2D eigenvalue weighted by Gasteiger charge is 2.25. The Bertz CT molecular complexity index is 663. The number of hydrogen-bond acceptors (Lipinski definition) is 5. The Balaban J connectivity index is 2.25. The molecule has 1 aromatic carbocycles. The number of amides is 2. The van der Waals surface area contributed by atoms with Gasteiger partial charge in [-0.3, -0.25) is 20.2 Å². The van der Waals surface area contributed by atoms with Crippen molar-refractivity contribution < 1.29 is 19.1 Å². The maximum atomic E-state index is 11.9. The molecule has 0 aliphatic carbocycles. The van der Waals surface area contributed by atoms with Crippen LogP contribution in [0, 0.1) is 0 Å². The van der Waals surface area contributed by atoms with Gasteiger partial charge in [0.1, 0.15) is 5.57 Å². The molecular weight excluding hydrogens is 328 g/mol. The molecule has 128 valence electrons. The third kappa shape index (κ3) is 4.55. The zero-order chi connectivity index (χ0) is 17.5. The average molecular weight is 348 g/mol. The molecule has 2 amide bonds. The third-order valence-electron chi connectivity index (χ3n) is 3.28. The highest BCUT2D eigenvalue weighted by Crippen LogP contribution is 2.29. The van der Waals surface area contributed by atoms with Crippen molar-refractivity contribution in [1.29, 1.82) is 0 Å². The van der Waals surface area contributed by atoms with E-state index in [0.29, 0.717) is 30.3 Å². The number of carbonyl (C=O) groups is 2. The SMILES string of the molecule is CCCCOc1ccc(C=C2C(=O)NC(=S)NC2=O)cc1OCC. The predicted molar refractivity (Wildman–Crippen MR) is 94.9 cm³/mol. The summed E-state index contributed by atoms with van der Waals surface area (Å²) in [5.41, 5.74) is 0.653. The molecule has 0 bridgehead atoms.